The molecule has 0 atom stereocenters. The molecule has 0 bridgehead atoms. The molecule has 0 N–H and O–H groups in total. The van der Waals surface area contributed by atoms with Crippen molar-refractivity contribution in [2.24, 2.45) is 0 Å². The first-order valence-electron chi connectivity index (χ1n) is 4.66. The molecule has 0 amide bonds. The highest BCUT2D eigenvalue weighted by molar-refractivity contribution is 9.10. The van der Waals surface area contributed by atoms with Gasteiger partial charge in [0.15, 0.2) is 0 Å². The molecular weight excluding hydrogens is 269 g/mol. The molecule has 0 radical (unpaired) electrons. The number of alkyl halides is 3. The van der Waals surface area contributed by atoms with Gasteiger partial charge in [-0.15, -0.1) is 0 Å². The van der Waals surface area contributed by atoms with E-state index in [-0.39, 0.29) is 0 Å². The van der Waals surface area contributed by atoms with Crippen molar-refractivity contribution < 1.29 is 13.2 Å². The Bertz CT molecular complexity index is 306. The smallest absolute Gasteiger partial charge is 0.166 e. The first kappa shape index (κ1) is 14.5. The van der Waals surface area contributed by atoms with Crippen molar-refractivity contribution >= 4 is 15.9 Å². The average molecular weight is 283 g/mol. The zero-order valence-electron chi connectivity index (χ0n) is 9.17. The van der Waals surface area contributed by atoms with Crippen LogP contribution in [0.25, 0.3) is 0 Å². The van der Waals surface area contributed by atoms with Gasteiger partial charge in [0.25, 0.3) is 0 Å². The van der Waals surface area contributed by atoms with Crippen LogP contribution in [0.2, 0.25) is 0 Å². The zero-order valence-corrected chi connectivity index (χ0v) is 10.8. The van der Waals surface area contributed by atoms with Crippen LogP contribution in [0.3, 0.4) is 0 Å². The molecule has 0 saturated carbocycles. The van der Waals surface area contributed by atoms with E-state index in [1.54, 1.807) is 13.8 Å². The van der Waals surface area contributed by atoms with E-state index in [4.69, 9.17) is 0 Å². The van der Waals surface area contributed by atoms with Crippen LogP contribution in [0.5, 0.6) is 0 Å². The summed E-state index contributed by atoms with van der Waals surface area (Å²) >= 11 is 3.09. The highest BCUT2D eigenvalue weighted by atomic mass is 79.9. The van der Waals surface area contributed by atoms with Gasteiger partial charge in [-0.3, -0.25) is 0 Å². The first-order valence-corrected chi connectivity index (χ1v) is 5.45. The number of hydrogen-bond donors (Lipinski definition) is 0. The SMILES string of the molecule is CC.Cc1cc(C(F)(F)F)cc(Br)c1C. The van der Waals surface area contributed by atoms with Gasteiger partial charge in [0.05, 0.1) is 5.56 Å². The van der Waals surface area contributed by atoms with Crippen LogP contribution in [0.4, 0.5) is 13.2 Å². The third kappa shape index (κ3) is 3.86. The molecule has 1 aromatic carbocycles. The summed E-state index contributed by atoms with van der Waals surface area (Å²) in [6.45, 7) is 7.44. The molecule has 0 aliphatic heterocycles. The molecule has 0 aliphatic rings. The van der Waals surface area contributed by atoms with Crippen LogP contribution in [0, 0.1) is 13.8 Å². The lowest BCUT2D eigenvalue weighted by Crippen LogP contribution is -2.05. The Balaban J connectivity index is 0.000000921. The van der Waals surface area contributed by atoms with Crippen molar-refractivity contribution in [3.63, 3.8) is 0 Å². The van der Waals surface area contributed by atoms with Gasteiger partial charge in [-0.25, -0.2) is 0 Å². The van der Waals surface area contributed by atoms with Crippen molar-refractivity contribution in [2.75, 3.05) is 0 Å². The molecule has 4 heteroatoms. The van der Waals surface area contributed by atoms with Gasteiger partial charge >= 0.3 is 6.18 Å². The quantitative estimate of drug-likeness (QED) is 0.620. The van der Waals surface area contributed by atoms with Gasteiger partial charge in [0, 0.05) is 4.47 Å². The number of hydrogen-bond acceptors (Lipinski definition) is 0. The van der Waals surface area contributed by atoms with Crippen molar-refractivity contribution in [2.45, 2.75) is 33.9 Å². The second kappa shape index (κ2) is 5.54. The Labute approximate surface area is 96.6 Å². The van der Waals surface area contributed by atoms with Gasteiger partial charge in [0.2, 0.25) is 0 Å². The third-order valence-electron chi connectivity index (χ3n) is 1.93. The molecule has 0 saturated heterocycles. The highest BCUT2D eigenvalue weighted by Gasteiger charge is 2.31. The summed E-state index contributed by atoms with van der Waals surface area (Å²) in [4.78, 5) is 0. The Kier molecular flexibility index (Phi) is 5.35. The molecule has 0 nitrogen and oxygen atoms in total. The first-order chi connectivity index (χ1) is 6.82. The normalized spacial score (nSPS) is 10.7. The van der Waals surface area contributed by atoms with Crippen LogP contribution < -0.4 is 0 Å². The second-order valence-electron chi connectivity index (χ2n) is 2.90. The minimum Gasteiger partial charge on any atom is -0.166 e. The predicted molar refractivity (Wildman–Crippen MR) is 60.0 cm³/mol. The van der Waals surface area contributed by atoms with Crippen LogP contribution >= 0.6 is 15.9 Å². The fraction of sp³-hybridized carbons (Fsp3) is 0.455. The third-order valence-corrected chi connectivity index (χ3v) is 2.75. The van der Waals surface area contributed by atoms with Crippen LogP contribution in [0.1, 0.15) is 30.5 Å². The lowest BCUT2D eigenvalue weighted by Gasteiger charge is -2.10. The number of halogens is 4. The summed E-state index contributed by atoms with van der Waals surface area (Å²) in [5.74, 6) is 0. The topological polar surface area (TPSA) is 0 Å². The molecule has 0 unspecified atom stereocenters. The lowest BCUT2D eigenvalue weighted by atomic mass is 10.1. The zero-order chi connectivity index (χ0) is 12.2. The molecular formula is C11H14BrF3. The van der Waals surface area contributed by atoms with E-state index < -0.39 is 11.7 Å². The molecule has 1 rings (SSSR count). The molecule has 1 aromatic rings. The fourth-order valence-electron chi connectivity index (χ4n) is 0.980. The van der Waals surface area contributed by atoms with E-state index in [2.05, 4.69) is 15.9 Å². The van der Waals surface area contributed by atoms with Gasteiger partial charge < -0.3 is 0 Å². The highest BCUT2D eigenvalue weighted by Crippen LogP contribution is 2.33. The van der Waals surface area contributed by atoms with Crippen molar-refractivity contribution in [1.29, 1.82) is 0 Å². The van der Waals surface area contributed by atoms with E-state index >= 15 is 0 Å². The lowest BCUT2D eigenvalue weighted by molar-refractivity contribution is -0.137. The van der Waals surface area contributed by atoms with Crippen LogP contribution in [0.15, 0.2) is 16.6 Å². The molecule has 0 fully saturated rings. The molecule has 0 aromatic heterocycles. The largest absolute Gasteiger partial charge is 0.416 e. The van der Waals surface area contributed by atoms with E-state index in [9.17, 15) is 13.2 Å². The van der Waals surface area contributed by atoms with Gasteiger partial charge in [0.1, 0.15) is 0 Å². The Morgan fingerprint density at radius 1 is 1.07 bits per heavy atom. The summed E-state index contributed by atoms with van der Waals surface area (Å²) in [5, 5.41) is 0. The second-order valence-corrected chi connectivity index (χ2v) is 3.75. The monoisotopic (exact) mass is 282 g/mol. The van der Waals surface area contributed by atoms with Crippen molar-refractivity contribution in [3.05, 3.63) is 33.3 Å². The average Bonchev–Trinajstić information content (AvgIpc) is 2.15. The summed E-state index contributed by atoms with van der Waals surface area (Å²) in [7, 11) is 0. The minimum atomic E-state index is -4.26. The summed E-state index contributed by atoms with van der Waals surface area (Å²) < 4.78 is 37.3. The van der Waals surface area contributed by atoms with E-state index in [1.807, 2.05) is 13.8 Å². The predicted octanol–water partition coefficient (Wildman–Crippen LogP) is 5.11. The van der Waals surface area contributed by atoms with Gasteiger partial charge in [-0.1, -0.05) is 29.8 Å². The van der Waals surface area contributed by atoms with Crippen LogP contribution in [-0.4, -0.2) is 0 Å². The summed E-state index contributed by atoms with van der Waals surface area (Å²) in [6, 6.07) is 2.25. The summed E-state index contributed by atoms with van der Waals surface area (Å²) in [6.07, 6.45) is -4.26. The number of rotatable bonds is 0. The maximum atomic E-state index is 12.3. The fourth-order valence-corrected chi connectivity index (χ4v) is 1.54. The molecule has 0 aliphatic carbocycles. The van der Waals surface area contributed by atoms with Gasteiger partial charge in [-0.2, -0.15) is 13.2 Å². The Hall–Kier alpha value is -0.510. The molecule has 0 spiro atoms. The molecule has 86 valence electrons. The molecule has 0 heterocycles. The number of benzene rings is 1. The van der Waals surface area contributed by atoms with Gasteiger partial charge in [-0.05, 0) is 37.1 Å². The maximum absolute atomic E-state index is 12.3. The molecule has 15 heavy (non-hydrogen) atoms. The van der Waals surface area contributed by atoms with Crippen LogP contribution in [-0.2, 0) is 6.18 Å². The van der Waals surface area contributed by atoms with E-state index in [0.717, 1.165) is 17.7 Å². The Morgan fingerprint density at radius 3 is 1.87 bits per heavy atom. The standard InChI is InChI=1S/C9H8BrF3.C2H6/c1-5-3-7(9(11,12)13)4-8(10)6(5)2;1-2/h3-4H,1-2H3;1-2H3. The minimum absolute atomic E-state index is 0.500. The van der Waals surface area contributed by atoms with Crippen molar-refractivity contribution in [3.8, 4) is 0 Å². The van der Waals surface area contributed by atoms with E-state index in [1.165, 1.54) is 0 Å². The summed E-state index contributed by atoms with van der Waals surface area (Å²) in [5.41, 5.74) is 0.872. The van der Waals surface area contributed by atoms with E-state index in [0.29, 0.717) is 10.0 Å². The maximum Gasteiger partial charge on any atom is 0.416 e. The van der Waals surface area contributed by atoms with Crippen molar-refractivity contribution in [1.82, 2.24) is 0 Å². The Morgan fingerprint density at radius 2 is 1.53 bits per heavy atom. The number of aryl methyl sites for hydroxylation is 1.